The van der Waals surface area contributed by atoms with E-state index >= 15 is 0 Å². The summed E-state index contributed by atoms with van der Waals surface area (Å²) in [6.45, 7) is 3.99. The topological polar surface area (TPSA) is 49.8 Å². The molecule has 112 valence electrons. The zero-order valence-corrected chi connectivity index (χ0v) is 13.1. The monoisotopic (exact) mass is 308 g/mol. The van der Waals surface area contributed by atoms with Crippen molar-refractivity contribution >= 4 is 28.9 Å². The summed E-state index contributed by atoms with van der Waals surface area (Å²) in [6, 6.07) is 4.22. The molecule has 0 aliphatic heterocycles. The fraction of sp³-hybridized carbons (Fsp3) is 0.333. The SMILES string of the molecule is CCCc1nc(NC)c(C)c(Nc2ccc(F)cc2Cl)n1. The second kappa shape index (κ2) is 6.72. The van der Waals surface area contributed by atoms with Crippen LogP contribution < -0.4 is 10.6 Å². The number of anilines is 3. The van der Waals surface area contributed by atoms with Crippen molar-refractivity contribution in [2.45, 2.75) is 26.7 Å². The molecule has 6 heteroatoms. The summed E-state index contributed by atoms with van der Waals surface area (Å²) < 4.78 is 13.1. The molecule has 21 heavy (non-hydrogen) atoms. The van der Waals surface area contributed by atoms with Gasteiger partial charge in [0, 0.05) is 19.0 Å². The molecule has 0 amide bonds. The smallest absolute Gasteiger partial charge is 0.139 e. The van der Waals surface area contributed by atoms with Crippen LogP contribution in [0.15, 0.2) is 18.2 Å². The van der Waals surface area contributed by atoms with Crippen molar-refractivity contribution in [1.82, 2.24) is 9.97 Å². The minimum absolute atomic E-state index is 0.316. The molecular formula is C15H18ClFN4. The van der Waals surface area contributed by atoms with E-state index in [1.165, 1.54) is 12.1 Å². The van der Waals surface area contributed by atoms with Crippen LogP contribution in [-0.4, -0.2) is 17.0 Å². The van der Waals surface area contributed by atoms with Gasteiger partial charge in [0.05, 0.1) is 10.7 Å². The molecule has 1 heterocycles. The van der Waals surface area contributed by atoms with Gasteiger partial charge in [0.25, 0.3) is 0 Å². The number of rotatable bonds is 5. The van der Waals surface area contributed by atoms with Gasteiger partial charge >= 0.3 is 0 Å². The first-order valence-corrected chi connectivity index (χ1v) is 7.20. The van der Waals surface area contributed by atoms with E-state index in [1.807, 2.05) is 14.0 Å². The molecule has 0 fully saturated rings. The highest BCUT2D eigenvalue weighted by Gasteiger charge is 2.11. The summed E-state index contributed by atoms with van der Waals surface area (Å²) >= 11 is 6.04. The molecule has 0 saturated heterocycles. The summed E-state index contributed by atoms with van der Waals surface area (Å²) in [5, 5.41) is 6.53. The lowest BCUT2D eigenvalue weighted by Gasteiger charge is -2.14. The van der Waals surface area contributed by atoms with Crippen molar-refractivity contribution in [2.75, 3.05) is 17.7 Å². The lowest BCUT2D eigenvalue weighted by Crippen LogP contribution is -2.07. The summed E-state index contributed by atoms with van der Waals surface area (Å²) in [7, 11) is 1.82. The summed E-state index contributed by atoms with van der Waals surface area (Å²) in [5.41, 5.74) is 1.50. The number of nitrogens with zero attached hydrogens (tertiary/aromatic N) is 2. The fourth-order valence-corrected chi connectivity index (χ4v) is 2.20. The van der Waals surface area contributed by atoms with E-state index in [4.69, 9.17) is 11.6 Å². The Morgan fingerprint density at radius 3 is 2.57 bits per heavy atom. The van der Waals surface area contributed by atoms with Crippen LogP contribution in [0.2, 0.25) is 5.02 Å². The lowest BCUT2D eigenvalue weighted by molar-refractivity contribution is 0.628. The fourth-order valence-electron chi connectivity index (χ4n) is 1.98. The van der Waals surface area contributed by atoms with Gasteiger partial charge in [-0.15, -0.1) is 0 Å². The Hall–Kier alpha value is -1.88. The van der Waals surface area contributed by atoms with Gasteiger partial charge in [0.2, 0.25) is 0 Å². The van der Waals surface area contributed by atoms with E-state index in [1.54, 1.807) is 6.07 Å². The molecule has 4 nitrogen and oxygen atoms in total. The highest BCUT2D eigenvalue weighted by atomic mass is 35.5. The number of benzene rings is 1. The van der Waals surface area contributed by atoms with E-state index in [0.717, 1.165) is 30.0 Å². The number of aryl methyl sites for hydroxylation is 1. The first kappa shape index (κ1) is 15.5. The van der Waals surface area contributed by atoms with Crippen molar-refractivity contribution < 1.29 is 4.39 Å². The molecule has 0 aliphatic rings. The summed E-state index contributed by atoms with van der Waals surface area (Å²) in [4.78, 5) is 8.98. The third-order valence-electron chi connectivity index (χ3n) is 3.09. The highest BCUT2D eigenvalue weighted by molar-refractivity contribution is 6.33. The average molecular weight is 309 g/mol. The molecule has 0 unspecified atom stereocenters. The Labute approximate surface area is 128 Å². The van der Waals surface area contributed by atoms with Gasteiger partial charge in [0.1, 0.15) is 23.3 Å². The van der Waals surface area contributed by atoms with Gasteiger partial charge in [-0.2, -0.15) is 0 Å². The molecule has 0 radical (unpaired) electrons. The van der Waals surface area contributed by atoms with Crippen LogP contribution in [-0.2, 0) is 6.42 Å². The van der Waals surface area contributed by atoms with Gasteiger partial charge < -0.3 is 10.6 Å². The molecular weight excluding hydrogens is 291 g/mol. The van der Waals surface area contributed by atoms with E-state index in [9.17, 15) is 4.39 Å². The minimum Gasteiger partial charge on any atom is -0.373 e. The van der Waals surface area contributed by atoms with Crippen molar-refractivity contribution in [3.05, 3.63) is 40.4 Å². The van der Waals surface area contributed by atoms with E-state index in [2.05, 4.69) is 27.5 Å². The van der Waals surface area contributed by atoms with Crippen LogP contribution in [0.4, 0.5) is 21.7 Å². The average Bonchev–Trinajstić information content (AvgIpc) is 2.45. The van der Waals surface area contributed by atoms with Crippen LogP contribution in [0.5, 0.6) is 0 Å². The van der Waals surface area contributed by atoms with Crippen LogP contribution >= 0.6 is 11.6 Å². The third kappa shape index (κ3) is 3.61. The summed E-state index contributed by atoms with van der Waals surface area (Å²) in [6.07, 6.45) is 1.75. The van der Waals surface area contributed by atoms with Gasteiger partial charge in [0.15, 0.2) is 0 Å². The number of hydrogen-bond donors (Lipinski definition) is 2. The van der Waals surface area contributed by atoms with Gasteiger partial charge in [-0.05, 0) is 31.5 Å². The Morgan fingerprint density at radius 1 is 1.24 bits per heavy atom. The molecule has 0 atom stereocenters. The molecule has 1 aromatic heterocycles. The van der Waals surface area contributed by atoms with Crippen LogP contribution in [0, 0.1) is 12.7 Å². The molecule has 0 bridgehead atoms. The van der Waals surface area contributed by atoms with E-state index < -0.39 is 0 Å². The number of aromatic nitrogens is 2. The minimum atomic E-state index is -0.368. The van der Waals surface area contributed by atoms with Crippen molar-refractivity contribution in [1.29, 1.82) is 0 Å². The molecule has 0 saturated carbocycles. The van der Waals surface area contributed by atoms with E-state index in [0.29, 0.717) is 16.5 Å². The Morgan fingerprint density at radius 2 is 1.95 bits per heavy atom. The first-order valence-electron chi connectivity index (χ1n) is 6.82. The van der Waals surface area contributed by atoms with Crippen LogP contribution in [0.1, 0.15) is 24.7 Å². The molecule has 0 aliphatic carbocycles. The van der Waals surface area contributed by atoms with Gasteiger partial charge in [-0.3, -0.25) is 0 Å². The molecule has 0 spiro atoms. The quantitative estimate of drug-likeness (QED) is 0.864. The molecule has 2 rings (SSSR count). The predicted octanol–water partition coefficient (Wildman–Crippen LogP) is 4.32. The summed E-state index contributed by atoms with van der Waals surface area (Å²) in [5.74, 6) is 1.83. The number of nitrogens with one attached hydrogen (secondary N) is 2. The first-order chi connectivity index (χ1) is 10.0. The normalized spacial score (nSPS) is 10.5. The highest BCUT2D eigenvalue weighted by Crippen LogP contribution is 2.28. The third-order valence-corrected chi connectivity index (χ3v) is 3.40. The van der Waals surface area contributed by atoms with Gasteiger partial charge in [-0.25, -0.2) is 14.4 Å². The lowest BCUT2D eigenvalue weighted by atomic mass is 10.2. The predicted molar refractivity (Wildman–Crippen MR) is 85.0 cm³/mol. The van der Waals surface area contributed by atoms with Crippen molar-refractivity contribution in [3.63, 3.8) is 0 Å². The zero-order valence-electron chi connectivity index (χ0n) is 12.3. The van der Waals surface area contributed by atoms with Gasteiger partial charge in [-0.1, -0.05) is 18.5 Å². The van der Waals surface area contributed by atoms with Crippen LogP contribution in [0.3, 0.4) is 0 Å². The van der Waals surface area contributed by atoms with E-state index in [-0.39, 0.29) is 5.82 Å². The maximum Gasteiger partial charge on any atom is 0.139 e. The Kier molecular flexibility index (Phi) is 4.96. The second-order valence-corrected chi connectivity index (χ2v) is 5.12. The zero-order chi connectivity index (χ0) is 15.4. The number of hydrogen-bond acceptors (Lipinski definition) is 4. The van der Waals surface area contributed by atoms with Crippen molar-refractivity contribution in [2.24, 2.45) is 0 Å². The Balaban J connectivity index is 2.40. The maximum absolute atomic E-state index is 13.1. The second-order valence-electron chi connectivity index (χ2n) is 4.71. The standard InChI is InChI=1S/C15H18ClFN4/c1-4-5-13-20-14(18-3)9(2)15(21-13)19-12-7-6-10(17)8-11(12)16/h6-8H,4-5H2,1-3H3,(H2,18,19,20,21). The van der Waals surface area contributed by atoms with Crippen molar-refractivity contribution in [3.8, 4) is 0 Å². The Bertz CT molecular complexity index is 646. The molecule has 2 N–H and O–H groups in total. The molecule has 2 aromatic rings. The number of halogens is 2. The maximum atomic E-state index is 13.1. The van der Waals surface area contributed by atoms with Crippen LogP contribution in [0.25, 0.3) is 0 Å². The largest absolute Gasteiger partial charge is 0.373 e. The molecule has 1 aromatic carbocycles.